The first-order valence-corrected chi connectivity index (χ1v) is 8.19. The number of anilines is 1. The lowest BCUT2D eigenvalue weighted by Gasteiger charge is -2.08. The number of primary amides is 1. The van der Waals surface area contributed by atoms with Crippen molar-refractivity contribution in [1.82, 2.24) is 0 Å². The summed E-state index contributed by atoms with van der Waals surface area (Å²) in [4.78, 5) is 34.5. The smallest absolute Gasteiger partial charge is 0.338 e. The maximum absolute atomic E-state index is 12.0. The average molecular weight is 372 g/mol. The molecule has 2 amide bonds. The van der Waals surface area contributed by atoms with Crippen molar-refractivity contribution >= 4 is 23.5 Å². The number of hydrogen-bond acceptors (Lipinski definition) is 6. The first kappa shape index (κ1) is 19.8. The van der Waals surface area contributed by atoms with E-state index >= 15 is 0 Å². The second-order valence-corrected chi connectivity index (χ2v) is 5.36. The minimum Gasteiger partial charge on any atom is -0.494 e. The van der Waals surface area contributed by atoms with Crippen LogP contribution in [-0.2, 0) is 14.3 Å². The molecule has 0 spiro atoms. The van der Waals surface area contributed by atoms with E-state index in [-0.39, 0.29) is 12.2 Å². The van der Waals surface area contributed by atoms with E-state index in [1.807, 2.05) is 6.92 Å². The van der Waals surface area contributed by atoms with Crippen LogP contribution in [0.15, 0.2) is 48.5 Å². The third-order valence-corrected chi connectivity index (χ3v) is 3.25. The molecule has 2 rings (SSSR count). The summed E-state index contributed by atoms with van der Waals surface area (Å²) in [6.45, 7) is 1.76. The monoisotopic (exact) mass is 372 g/mol. The van der Waals surface area contributed by atoms with E-state index in [9.17, 15) is 14.4 Å². The highest BCUT2D eigenvalue weighted by molar-refractivity contribution is 5.95. The molecule has 27 heavy (non-hydrogen) atoms. The summed E-state index contributed by atoms with van der Waals surface area (Å²) < 4.78 is 15.4. The molecule has 0 heterocycles. The predicted molar refractivity (Wildman–Crippen MR) is 97.7 cm³/mol. The maximum atomic E-state index is 12.0. The zero-order valence-corrected chi connectivity index (χ0v) is 14.8. The van der Waals surface area contributed by atoms with Crippen LogP contribution < -0.4 is 20.5 Å². The molecule has 0 aliphatic rings. The van der Waals surface area contributed by atoms with Crippen molar-refractivity contribution in [1.29, 1.82) is 0 Å². The predicted octanol–water partition coefficient (Wildman–Crippen LogP) is 1.74. The number of ether oxygens (including phenoxy) is 3. The quantitative estimate of drug-likeness (QED) is 0.648. The van der Waals surface area contributed by atoms with Gasteiger partial charge in [0.05, 0.1) is 12.2 Å². The molecule has 0 fully saturated rings. The Balaban J connectivity index is 1.80. The third kappa shape index (κ3) is 6.69. The number of benzene rings is 2. The molecule has 0 saturated heterocycles. The van der Waals surface area contributed by atoms with E-state index in [4.69, 9.17) is 19.9 Å². The van der Waals surface area contributed by atoms with Gasteiger partial charge in [0.2, 0.25) is 0 Å². The highest BCUT2D eigenvalue weighted by Crippen LogP contribution is 2.16. The van der Waals surface area contributed by atoms with Gasteiger partial charge in [0.25, 0.3) is 11.8 Å². The van der Waals surface area contributed by atoms with E-state index in [1.54, 1.807) is 24.3 Å². The number of carbonyl (C=O) groups is 3. The lowest BCUT2D eigenvalue weighted by atomic mass is 10.2. The van der Waals surface area contributed by atoms with Crippen LogP contribution in [0.25, 0.3) is 0 Å². The van der Waals surface area contributed by atoms with Crippen molar-refractivity contribution in [2.45, 2.75) is 6.92 Å². The Morgan fingerprint density at radius 2 is 1.48 bits per heavy atom. The molecule has 0 saturated carbocycles. The Labute approximate surface area is 156 Å². The molecule has 0 bridgehead atoms. The summed E-state index contributed by atoms with van der Waals surface area (Å²) in [5.41, 5.74) is 5.79. The first-order chi connectivity index (χ1) is 13.0. The van der Waals surface area contributed by atoms with Gasteiger partial charge in [-0.1, -0.05) is 0 Å². The van der Waals surface area contributed by atoms with Crippen molar-refractivity contribution in [2.75, 3.05) is 25.1 Å². The summed E-state index contributed by atoms with van der Waals surface area (Å²) in [5, 5.41) is 2.62. The van der Waals surface area contributed by atoms with Crippen molar-refractivity contribution in [3.63, 3.8) is 0 Å². The molecular formula is C19H20N2O6. The van der Waals surface area contributed by atoms with Crippen LogP contribution in [0.5, 0.6) is 11.5 Å². The number of rotatable bonds is 9. The van der Waals surface area contributed by atoms with Crippen molar-refractivity contribution < 1.29 is 28.6 Å². The second-order valence-electron chi connectivity index (χ2n) is 5.36. The molecule has 0 radical (unpaired) electrons. The normalized spacial score (nSPS) is 9.96. The highest BCUT2D eigenvalue weighted by atomic mass is 16.5. The lowest BCUT2D eigenvalue weighted by Crippen LogP contribution is -2.21. The summed E-state index contributed by atoms with van der Waals surface area (Å²) >= 11 is 0. The van der Waals surface area contributed by atoms with Crippen molar-refractivity contribution in [3.8, 4) is 11.5 Å². The van der Waals surface area contributed by atoms with Gasteiger partial charge in [0, 0.05) is 5.69 Å². The molecule has 0 aliphatic heterocycles. The first-order valence-electron chi connectivity index (χ1n) is 8.19. The van der Waals surface area contributed by atoms with Gasteiger partial charge in [0.1, 0.15) is 11.5 Å². The standard InChI is InChI=1S/C19H20N2O6/c1-2-25-15-9-5-14(6-10-15)21-18(23)12-27-19(24)13-3-7-16(8-4-13)26-11-17(20)22/h3-10H,2,11-12H2,1H3,(H2,20,22)(H,21,23). The Kier molecular flexibility index (Phi) is 7.18. The molecule has 3 N–H and O–H groups in total. The number of esters is 1. The van der Waals surface area contributed by atoms with Crippen molar-refractivity contribution in [3.05, 3.63) is 54.1 Å². The molecule has 0 aliphatic carbocycles. The number of carbonyl (C=O) groups excluding carboxylic acids is 3. The molecule has 8 nitrogen and oxygen atoms in total. The lowest BCUT2D eigenvalue weighted by molar-refractivity contribution is -0.120. The number of amides is 2. The number of hydrogen-bond donors (Lipinski definition) is 2. The van der Waals surface area contributed by atoms with Crippen LogP contribution >= 0.6 is 0 Å². The van der Waals surface area contributed by atoms with Gasteiger partial charge in [-0.2, -0.15) is 0 Å². The topological polar surface area (TPSA) is 117 Å². The summed E-state index contributed by atoms with van der Waals surface area (Å²) in [6, 6.07) is 12.8. The number of nitrogens with one attached hydrogen (secondary N) is 1. The molecule has 2 aromatic rings. The zero-order chi connectivity index (χ0) is 19.6. The van der Waals surface area contributed by atoms with Gasteiger partial charge in [-0.05, 0) is 55.5 Å². The summed E-state index contributed by atoms with van der Waals surface area (Å²) in [5.74, 6) is -0.631. The van der Waals surface area contributed by atoms with Crippen LogP contribution in [0.1, 0.15) is 17.3 Å². The van der Waals surface area contributed by atoms with Gasteiger partial charge in [-0.25, -0.2) is 4.79 Å². The van der Waals surface area contributed by atoms with Crippen LogP contribution in [0.4, 0.5) is 5.69 Å². The zero-order valence-electron chi connectivity index (χ0n) is 14.8. The van der Waals surface area contributed by atoms with E-state index in [1.165, 1.54) is 24.3 Å². The minimum absolute atomic E-state index is 0.246. The molecule has 0 aromatic heterocycles. The minimum atomic E-state index is -0.654. The van der Waals surface area contributed by atoms with Gasteiger partial charge in [-0.3, -0.25) is 9.59 Å². The second kappa shape index (κ2) is 9.81. The average Bonchev–Trinajstić information content (AvgIpc) is 2.66. The molecule has 2 aromatic carbocycles. The summed E-state index contributed by atoms with van der Waals surface area (Å²) in [7, 11) is 0. The van der Waals surface area contributed by atoms with E-state index in [0.29, 0.717) is 23.8 Å². The fourth-order valence-corrected chi connectivity index (χ4v) is 2.05. The Hall–Kier alpha value is -3.55. The van der Waals surface area contributed by atoms with E-state index in [0.717, 1.165) is 0 Å². The SMILES string of the molecule is CCOc1ccc(NC(=O)COC(=O)c2ccc(OCC(N)=O)cc2)cc1. The Morgan fingerprint density at radius 1 is 0.889 bits per heavy atom. The Morgan fingerprint density at radius 3 is 2.07 bits per heavy atom. The fraction of sp³-hybridized carbons (Fsp3) is 0.211. The molecule has 0 unspecified atom stereocenters. The van der Waals surface area contributed by atoms with Crippen molar-refractivity contribution in [2.24, 2.45) is 5.73 Å². The molecule has 0 atom stereocenters. The summed E-state index contributed by atoms with van der Waals surface area (Å²) in [6.07, 6.45) is 0. The maximum Gasteiger partial charge on any atom is 0.338 e. The van der Waals surface area contributed by atoms with Crippen LogP contribution in [0.2, 0.25) is 0 Å². The van der Waals surface area contributed by atoms with Gasteiger partial charge >= 0.3 is 5.97 Å². The van der Waals surface area contributed by atoms with E-state index < -0.39 is 24.4 Å². The molecule has 142 valence electrons. The Bertz CT molecular complexity index is 787. The molecule has 8 heteroatoms. The van der Waals surface area contributed by atoms with Crippen LogP contribution in [-0.4, -0.2) is 37.6 Å². The largest absolute Gasteiger partial charge is 0.494 e. The number of nitrogens with two attached hydrogens (primary N) is 1. The fourth-order valence-electron chi connectivity index (χ4n) is 2.05. The van der Waals surface area contributed by atoms with Gasteiger partial charge in [-0.15, -0.1) is 0 Å². The van der Waals surface area contributed by atoms with Crippen LogP contribution in [0.3, 0.4) is 0 Å². The highest BCUT2D eigenvalue weighted by Gasteiger charge is 2.11. The third-order valence-electron chi connectivity index (χ3n) is 3.25. The molecular weight excluding hydrogens is 352 g/mol. The van der Waals surface area contributed by atoms with Gasteiger partial charge in [0.15, 0.2) is 13.2 Å². The van der Waals surface area contributed by atoms with Gasteiger partial charge < -0.3 is 25.3 Å². The van der Waals surface area contributed by atoms with E-state index in [2.05, 4.69) is 5.32 Å². The van der Waals surface area contributed by atoms with Crippen LogP contribution in [0, 0.1) is 0 Å².